The fraction of sp³-hybridized carbons (Fsp3) is 0.130. The second-order valence-electron chi connectivity index (χ2n) is 7.37. The van der Waals surface area contributed by atoms with Gasteiger partial charge in [-0.2, -0.15) is 0 Å². The lowest BCUT2D eigenvalue weighted by Gasteiger charge is -2.12. The number of hydrogen-bond donors (Lipinski definition) is 3. The van der Waals surface area contributed by atoms with Gasteiger partial charge in [0.15, 0.2) is 11.7 Å². The molecule has 0 atom stereocenters. The van der Waals surface area contributed by atoms with Gasteiger partial charge in [-0.25, -0.2) is 9.97 Å². The Morgan fingerprint density at radius 1 is 1.12 bits per heavy atom. The topological polar surface area (TPSA) is 97.4 Å². The highest BCUT2D eigenvalue weighted by Gasteiger charge is 2.12. The average molecular weight is 450 g/mol. The van der Waals surface area contributed by atoms with Crippen LogP contribution in [0.3, 0.4) is 0 Å². The first-order valence-electron chi connectivity index (χ1n) is 9.96. The fourth-order valence-electron chi connectivity index (χ4n) is 3.71. The van der Waals surface area contributed by atoms with E-state index >= 15 is 0 Å². The molecule has 0 aliphatic rings. The molecule has 0 saturated carbocycles. The first-order chi connectivity index (χ1) is 15.5. The van der Waals surface area contributed by atoms with Gasteiger partial charge in [-0.3, -0.25) is 0 Å². The molecule has 0 aliphatic carbocycles. The number of aromatic hydroxyl groups is 1. The molecule has 0 amide bonds. The first-order valence-corrected chi connectivity index (χ1v) is 10.3. The standard InChI is InChI=1S/C23H20ClN5O3/c1-28-12-14-2-4-16(11-17(14)23(28)31)32-20-5-3-15(10-18(20)24)27-22-21-19(25-13-26-22)6-7-29(21)8-9-30/h2-7,10-13,30-31H,8-9H2,1H3,(H,25,26,27). The molecule has 9 heteroatoms. The van der Waals surface area contributed by atoms with E-state index in [1.54, 1.807) is 29.8 Å². The highest BCUT2D eigenvalue weighted by atomic mass is 35.5. The van der Waals surface area contributed by atoms with Gasteiger partial charge < -0.3 is 29.4 Å². The Morgan fingerprint density at radius 3 is 2.81 bits per heavy atom. The van der Waals surface area contributed by atoms with Gasteiger partial charge in [-0.1, -0.05) is 11.6 Å². The lowest BCUT2D eigenvalue weighted by atomic mass is 10.2. The average Bonchev–Trinajstić information content (AvgIpc) is 3.32. The molecule has 2 aromatic carbocycles. The lowest BCUT2D eigenvalue weighted by Crippen LogP contribution is -2.04. The van der Waals surface area contributed by atoms with E-state index in [1.165, 1.54) is 6.33 Å². The monoisotopic (exact) mass is 449 g/mol. The van der Waals surface area contributed by atoms with Crippen molar-refractivity contribution in [1.82, 2.24) is 19.1 Å². The normalized spacial score (nSPS) is 11.3. The Labute approximate surface area is 188 Å². The minimum absolute atomic E-state index is 0.0164. The number of anilines is 2. The molecule has 32 heavy (non-hydrogen) atoms. The molecule has 3 aromatic heterocycles. The molecule has 3 heterocycles. The van der Waals surface area contributed by atoms with Crippen LogP contribution in [0, 0.1) is 0 Å². The van der Waals surface area contributed by atoms with Crippen molar-refractivity contribution < 1.29 is 14.9 Å². The third-order valence-electron chi connectivity index (χ3n) is 5.25. The molecule has 0 bridgehead atoms. The molecule has 5 rings (SSSR count). The molecule has 3 N–H and O–H groups in total. The molecular weight excluding hydrogens is 430 g/mol. The molecule has 8 nitrogen and oxygen atoms in total. The maximum absolute atomic E-state index is 10.2. The minimum atomic E-state index is 0.0164. The Morgan fingerprint density at radius 2 is 2.00 bits per heavy atom. The van der Waals surface area contributed by atoms with Gasteiger partial charge in [0.25, 0.3) is 0 Å². The van der Waals surface area contributed by atoms with Crippen molar-refractivity contribution in [2.24, 2.45) is 7.05 Å². The summed E-state index contributed by atoms with van der Waals surface area (Å²) in [5.41, 5.74) is 2.31. The van der Waals surface area contributed by atoms with Crippen LogP contribution in [0.1, 0.15) is 0 Å². The lowest BCUT2D eigenvalue weighted by molar-refractivity contribution is 0.278. The van der Waals surface area contributed by atoms with Gasteiger partial charge in [0.05, 0.1) is 17.1 Å². The number of aromatic nitrogens is 4. The van der Waals surface area contributed by atoms with Crippen molar-refractivity contribution in [3.05, 3.63) is 66.2 Å². The van der Waals surface area contributed by atoms with E-state index in [4.69, 9.17) is 16.3 Å². The summed E-state index contributed by atoms with van der Waals surface area (Å²) in [4.78, 5) is 8.63. The minimum Gasteiger partial charge on any atom is -0.494 e. The van der Waals surface area contributed by atoms with Crippen LogP contribution >= 0.6 is 11.6 Å². The number of halogens is 1. The smallest absolute Gasteiger partial charge is 0.198 e. The number of hydrogen-bond acceptors (Lipinski definition) is 6. The van der Waals surface area contributed by atoms with Gasteiger partial charge in [-0.15, -0.1) is 0 Å². The number of fused-ring (bicyclic) bond motifs is 2. The Hall–Kier alpha value is -3.75. The summed E-state index contributed by atoms with van der Waals surface area (Å²) in [6.45, 7) is 0.461. The number of ether oxygens (including phenoxy) is 1. The molecule has 0 fully saturated rings. The molecule has 0 aliphatic heterocycles. The summed E-state index contributed by atoms with van der Waals surface area (Å²) in [5, 5.41) is 24.8. The molecule has 162 valence electrons. The van der Waals surface area contributed by atoms with E-state index < -0.39 is 0 Å². The van der Waals surface area contributed by atoms with Crippen LogP contribution < -0.4 is 10.1 Å². The van der Waals surface area contributed by atoms with Gasteiger partial charge >= 0.3 is 0 Å². The van der Waals surface area contributed by atoms with Crippen LogP contribution in [0.5, 0.6) is 17.4 Å². The SMILES string of the molecule is Cn1cc2ccc(Oc3ccc(Nc4ncnc5ccn(CCO)c45)cc3Cl)cc2c1O. The second kappa shape index (κ2) is 8.07. The molecule has 0 unspecified atom stereocenters. The Bertz CT molecular complexity index is 1440. The fourth-order valence-corrected chi connectivity index (χ4v) is 3.93. The summed E-state index contributed by atoms with van der Waals surface area (Å²) in [6.07, 6.45) is 5.21. The maximum Gasteiger partial charge on any atom is 0.198 e. The van der Waals surface area contributed by atoms with Crippen LogP contribution in [0.2, 0.25) is 5.02 Å². The van der Waals surface area contributed by atoms with Gasteiger partial charge in [-0.05, 0) is 42.5 Å². The van der Waals surface area contributed by atoms with Crippen LogP contribution in [0.4, 0.5) is 11.5 Å². The molecular formula is C23H20ClN5O3. The number of nitrogens with one attached hydrogen (secondary N) is 1. The third-order valence-corrected chi connectivity index (χ3v) is 5.54. The van der Waals surface area contributed by atoms with Crippen LogP contribution in [0.15, 0.2) is 61.2 Å². The van der Waals surface area contributed by atoms with E-state index in [9.17, 15) is 10.2 Å². The highest BCUT2D eigenvalue weighted by molar-refractivity contribution is 6.32. The van der Waals surface area contributed by atoms with Crippen molar-refractivity contribution in [2.45, 2.75) is 6.54 Å². The molecule has 0 spiro atoms. The van der Waals surface area contributed by atoms with Crippen molar-refractivity contribution >= 4 is 44.9 Å². The van der Waals surface area contributed by atoms with Crippen molar-refractivity contribution in [3.8, 4) is 17.4 Å². The van der Waals surface area contributed by atoms with Crippen molar-refractivity contribution in [2.75, 3.05) is 11.9 Å². The summed E-state index contributed by atoms with van der Waals surface area (Å²) in [5.74, 6) is 1.85. The zero-order valence-corrected chi connectivity index (χ0v) is 17.9. The van der Waals surface area contributed by atoms with E-state index in [2.05, 4.69) is 15.3 Å². The second-order valence-corrected chi connectivity index (χ2v) is 7.78. The predicted molar refractivity (Wildman–Crippen MR) is 124 cm³/mol. The number of aliphatic hydroxyl groups excluding tert-OH is 1. The number of benzene rings is 2. The van der Waals surface area contributed by atoms with Crippen LogP contribution in [0.25, 0.3) is 21.8 Å². The third kappa shape index (κ3) is 3.59. The largest absolute Gasteiger partial charge is 0.494 e. The summed E-state index contributed by atoms with van der Waals surface area (Å²) in [7, 11) is 1.78. The van der Waals surface area contributed by atoms with Gasteiger partial charge in [0.2, 0.25) is 0 Å². The Kier molecular flexibility index (Phi) is 5.08. The van der Waals surface area contributed by atoms with Crippen molar-refractivity contribution in [1.29, 1.82) is 0 Å². The predicted octanol–water partition coefficient (Wildman–Crippen LogP) is 4.81. The zero-order chi connectivity index (χ0) is 22.2. The van der Waals surface area contributed by atoms with E-state index in [0.29, 0.717) is 34.3 Å². The maximum atomic E-state index is 10.2. The molecule has 0 radical (unpaired) electrons. The van der Waals surface area contributed by atoms with E-state index in [1.807, 2.05) is 41.2 Å². The zero-order valence-electron chi connectivity index (χ0n) is 17.2. The Balaban J connectivity index is 1.41. The van der Waals surface area contributed by atoms with Gasteiger partial charge in [0, 0.05) is 42.4 Å². The van der Waals surface area contributed by atoms with E-state index in [0.717, 1.165) is 22.1 Å². The van der Waals surface area contributed by atoms with Crippen LogP contribution in [-0.2, 0) is 13.6 Å². The van der Waals surface area contributed by atoms with E-state index in [-0.39, 0.29) is 12.5 Å². The highest BCUT2D eigenvalue weighted by Crippen LogP contribution is 2.36. The number of aliphatic hydroxyl groups is 1. The van der Waals surface area contributed by atoms with Crippen LogP contribution in [-0.4, -0.2) is 35.9 Å². The summed E-state index contributed by atoms with van der Waals surface area (Å²) in [6, 6.07) is 12.7. The first kappa shape index (κ1) is 20.2. The summed E-state index contributed by atoms with van der Waals surface area (Å²) >= 11 is 6.49. The molecule has 5 aromatic rings. The number of nitrogens with zero attached hydrogens (tertiary/aromatic N) is 4. The van der Waals surface area contributed by atoms with Crippen molar-refractivity contribution in [3.63, 3.8) is 0 Å². The quantitative estimate of drug-likeness (QED) is 0.344. The number of aryl methyl sites for hydroxylation is 1. The summed E-state index contributed by atoms with van der Waals surface area (Å²) < 4.78 is 9.51. The number of rotatable bonds is 6. The van der Waals surface area contributed by atoms with Gasteiger partial charge in [0.1, 0.15) is 23.3 Å². The molecule has 0 saturated heterocycles.